The van der Waals surface area contributed by atoms with E-state index in [-0.39, 0.29) is 5.41 Å². The van der Waals surface area contributed by atoms with Crippen LogP contribution < -0.4 is 0 Å². The summed E-state index contributed by atoms with van der Waals surface area (Å²) < 4.78 is 0. The Morgan fingerprint density at radius 2 is 2.19 bits per heavy atom. The molecule has 2 aromatic rings. The molecule has 16 heavy (non-hydrogen) atoms. The number of hydrogen-bond acceptors (Lipinski definition) is 4. The molecule has 4 heteroatoms. The first-order valence-electron chi connectivity index (χ1n) is 5.13. The number of hydrogen-bond donors (Lipinski definition) is 0. The fraction of sp³-hybridized carbons (Fsp3) is 0.250. The first kappa shape index (κ1) is 9.49. The molecule has 0 atom stereocenters. The van der Waals surface area contributed by atoms with Gasteiger partial charge in [-0.15, -0.1) is 11.3 Å². The highest BCUT2D eigenvalue weighted by Gasteiger charge is 2.47. The third kappa shape index (κ3) is 1.41. The zero-order valence-corrected chi connectivity index (χ0v) is 9.37. The van der Waals surface area contributed by atoms with Crippen LogP contribution in [-0.4, -0.2) is 9.97 Å². The summed E-state index contributed by atoms with van der Waals surface area (Å²) in [5, 5.41) is 12.0. The first-order valence-corrected chi connectivity index (χ1v) is 6.01. The highest BCUT2D eigenvalue weighted by Crippen LogP contribution is 2.49. The van der Waals surface area contributed by atoms with E-state index in [0.29, 0.717) is 0 Å². The summed E-state index contributed by atoms with van der Waals surface area (Å²) >= 11 is 1.56. The Hall–Kier alpha value is -1.73. The van der Waals surface area contributed by atoms with Gasteiger partial charge < -0.3 is 0 Å². The molecule has 0 bridgehead atoms. The van der Waals surface area contributed by atoms with E-state index in [4.69, 9.17) is 5.26 Å². The van der Waals surface area contributed by atoms with Gasteiger partial charge in [0.05, 0.1) is 17.5 Å². The Morgan fingerprint density at radius 1 is 1.31 bits per heavy atom. The van der Waals surface area contributed by atoms with Crippen molar-refractivity contribution in [3.05, 3.63) is 34.8 Å². The fourth-order valence-electron chi connectivity index (χ4n) is 1.62. The minimum absolute atomic E-state index is 0.280. The van der Waals surface area contributed by atoms with Crippen molar-refractivity contribution in [2.24, 2.45) is 0 Å². The molecule has 78 valence electrons. The van der Waals surface area contributed by atoms with Crippen LogP contribution in [0.25, 0.3) is 11.4 Å². The fourth-order valence-corrected chi connectivity index (χ4v) is 2.65. The minimum Gasteiger partial charge on any atom is -0.255 e. The van der Waals surface area contributed by atoms with E-state index in [1.165, 1.54) is 0 Å². The Balaban J connectivity index is 1.98. The predicted octanol–water partition coefficient (Wildman–Crippen LogP) is 2.76. The number of aromatic nitrogens is 2. The van der Waals surface area contributed by atoms with Gasteiger partial charge in [0.2, 0.25) is 0 Å². The second-order valence-corrected chi connectivity index (χ2v) is 4.80. The van der Waals surface area contributed by atoms with Gasteiger partial charge in [-0.05, 0) is 25.0 Å². The van der Waals surface area contributed by atoms with Crippen LogP contribution in [-0.2, 0) is 5.41 Å². The molecule has 3 nitrogen and oxygen atoms in total. The van der Waals surface area contributed by atoms with E-state index >= 15 is 0 Å². The standard InChI is InChI=1S/C12H9N3S/c13-8-12(4-5-12)11-15-10(7-16-11)9-3-1-2-6-14-9/h1-3,6-7H,4-5H2. The normalized spacial score (nSPS) is 16.7. The monoisotopic (exact) mass is 227 g/mol. The zero-order valence-electron chi connectivity index (χ0n) is 8.55. The van der Waals surface area contributed by atoms with Crippen LogP contribution >= 0.6 is 11.3 Å². The SMILES string of the molecule is N#CC1(c2nc(-c3ccccn3)cs2)CC1. The van der Waals surface area contributed by atoms with Gasteiger partial charge in [-0.3, -0.25) is 4.98 Å². The minimum atomic E-state index is -0.280. The molecule has 0 radical (unpaired) electrons. The van der Waals surface area contributed by atoms with Gasteiger partial charge in [0.25, 0.3) is 0 Å². The maximum Gasteiger partial charge on any atom is 0.114 e. The van der Waals surface area contributed by atoms with Gasteiger partial charge in [-0.25, -0.2) is 4.98 Å². The topological polar surface area (TPSA) is 49.6 Å². The summed E-state index contributed by atoms with van der Waals surface area (Å²) in [6.07, 6.45) is 3.64. The van der Waals surface area contributed by atoms with Crippen LogP contribution in [0.3, 0.4) is 0 Å². The van der Waals surface area contributed by atoms with Crippen LogP contribution in [0, 0.1) is 11.3 Å². The van der Waals surface area contributed by atoms with Crippen LogP contribution in [0.2, 0.25) is 0 Å². The highest BCUT2D eigenvalue weighted by atomic mass is 32.1. The van der Waals surface area contributed by atoms with Crippen molar-refractivity contribution >= 4 is 11.3 Å². The quantitative estimate of drug-likeness (QED) is 0.792. The number of nitriles is 1. The summed E-state index contributed by atoms with van der Waals surface area (Å²) in [4.78, 5) is 8.77. The summed E-state index contributed by atoms with van der Waals surface area (Å²) in [6.45, 7) is 0. The molecule has 2 heterocycles. The van der Waals surface area contributed by atoms with Crippen LogP contribution in [0.5, 0.6) is 0 Å². The summed E-state index contributed by atoms with van der Waals surface area (Å²) in [7, 11) is 0. The number of nitrogens with zero attached hydrogens (tertiary/aromatic N) is 3. The summed E-state index contributed by atoms with van der Waals surface area (Å²) in [6, 6.07) is 8.12. The van der Waals surface area contributed by atoms with Crippen LogP contribution in [0.4, 0.5) is 0 Å². The first-order chi connectivity index (χ1) is 7.84. The lowest BCUT2D eigenvalue weighted by atomic mass is 10.1. The molecule has 2 aromatic heterocycles. The van der Waals surface area contributed by atoms with Crippen molar-refractivity contribution in [3.63, 3.8) is 0 Å². The van der Waals surface area contributed by atoms with E-state index in [9.17, 15) is 0 Å². The lowest BCUT2D eigenvalue weighted by molar-refractivity contribution is 0.891. The summed E-state index contributed by atoms with van der Waals surface area (Å²) in [5.41, 5.74) is 1.47. The molecular weight excluding hydrogens is 218 g/mol. The molecule has 0 N–H and O–H groups in total. The van der Waals surface area contributed by atoms with Gasteiger partial charge in [-0.1, -0.05) is 6.07 Å². The molecule has 1 saturated carbocycles. The van der Waals surface area contributed by atoms with Gasteiger partial charge >= 0.3 is 0 Å². The van der Waals surface area contributed by atoms with E-state index in [2.05, 4.69) is 16.0 Å². The molecule has 0 amide bonds. The largest absolute Gasteiger partial charge is 0.255 e. The molecule has 1 fully saturated rings. The Kier molecular flexibility index (Phi) is 2.01. The molecule has 0 saturated heterocycles. The van der Waals surface area contributed by atoms with Gasteiger partial charge in [0.15, 0.2) is 0 Å². The Labute approximate surface area is 97.4 Å². The van der Waals surface area contributed by atoms with Crippen molar-refractivity contribution in [1.29, 1.82) is 5.26 Å². The molecule has 1 aliphatic rings. The van der Waals surface area contributed by atoms with Gasteiger partial charge in [-0.2, -0.15) is 5.26 Å². The van der Waals surface area contributed by atoms with Crippen LogP contribution in [0.15, 0.2) is 29.8 Å². The second-order valence-electron chi connectivity index (χ2n) is 3.95. The predicted molar refractivity (Wildman–Crippen MR) is 61.9 cm³/mol. The van der Waals surface area contributed by atoms with E-state index in [1.807, 2.05) is 23.6 Å². The van der Waals surface area contributed by atoms with Crippen molar-refractivity contribution in [1.82, 2.24) is 9.97 Å². The van der Waals surface area contributed by atoms with E-state index in [1.54, 1.807) is 17.5 Å². The summed E-state index contributed by atoms with van der Waals surface area (Å²) in [5.74, 6) is 0. The Bertz CT molecular complexity index is 549. The third-order valence-corrected chi connectivity index (χ3v) is 3.85. The lowest BCUT2D eigenvalue weighted by Crippen LogP contribution is -2.01. The van der Waals surface area contributed by atoms with Gasteiger partial charge in [0, 0.05) is 11.6 Å². The second kappa shape index (κ2) is 3.39. The van der Waals surface area contributed by atoms with Crippen molar-refractivity contribution in [2.45, 2.75) is 18.3 Å². The molecule has 0 aromatic carbocycles. The number of pyridine rings is 1. The number of thiazole rings is 1. The maximum absolute atomic E-state index is 9.09. The lowest BCUT2D eigenvalue weighted by Gasteiger charge is -1.98. The molecule has 3 rings (SSSR count). The average molecular weight is 227 g/mol. The highest BCUT2D eigenvalue weighted by molar-refractivity contribution is 7.10. The number of rotatable bonds is 2. The Morgan fingerprint density at radius 3 is 2.81 bits per heavy atom. The molecule has 0 unspecified atom stereocenters. The smallest absolute Gasteiger partial charge is 0.114 e. The molecule has 0 spiro atoms. The van der Waals surface area contributed by atoms with E-state index < -0.39 is 0 Å². The van der Waals surface area contributed by atoms with Crippen molar-refractivity contribution in [3.8, 4) is 17.5 Å². The zero-order chi connectivity index (χ0) is 11.0. The third-order valence-electron chi connectivity index (χ3n) is 2.80. The maximum atomic E-state index is 9.09. The van der Waals surface area contributed by atoms with E-state index in [0.717, 1.165) is 29.2 Å². The van der Waals surface area contributed by atoms with Gasteiger partial charge in [0.1, 0.15) is 10.4 Å². The molecule has 0 aliphatic heterocycles. The van der Waals surface area contributed by atoms with Crippen molar-refractivity contribution < 1.29 is 0 Å². The van der Waals surface area contributed by atoms with Crippen LogP contribution in [0.1, 0.15) is 17.8 Å². The molecule has 1 aliphatic carbocycles. The average Bonchev–Trinajstić information content (AvgIpc) is 3.00. The van der Waals surface area contributed by atoms with Crippen molar-refractivity contribution in [2.75, 3.05) is 0 Å². The molecular formula is C12H9N3S.